The summed E-state index contributed by atoms with van der Waals surface area (Å²) in [4.78, 5) is 1.86. The fourth-order valence-electron chi connectivity index (χ4n) is 2.91. The maximum absolute atomic E-state index is 13.5. The first-order valence-corrected chi connectivity index (χ1v) is 9.45. The standard InChI is InChI=1S/C16H26FN3O3S/c1-12-10-20(11-13(2)23-12)24(21,22)18-9-16(19(3)4)14-6-5-7-15(17)8-14/h5-8,12-13,16,18H,9-11H2,1-4H3/t12-,13+,16-/m1/s1. The first-order chi connectivity index (χ1) is 11.2. The third-order valence-corrected chi connectivity index (χ3v) is 5.55. The number of hydrogen-bond acceptors (Lipinski definition) is 4. The SMILES string of the molecule is C[C@@H]1CN(S(=O)(=O)NC[C@H](c2cccc(F)c2)N(C)C)C[C@H](C)O1. The molecule has 0 spiro atoms. The van der Waals surface area contributed by atoms with Crippen LogP contribution in [0, 0.1) is 5.82 Å². The molecular formula is C16H26FN3O3S. The molecule has 136 valence electrons. The van der Waals surface area contributed by atoms with Crippen molar-refractivity contribution in [1.82, 2.24) is 13.9 Å². The molecule has 1 aromatic carbocycles. The van der Waals surface area contributed by atoms with Crippen LogP contribution in [0.1, 0.15) is 25.5 Å². The molecule has 1 aliphatic rings. The van der Waals surface area contributed by atoms with Gasteiger partial charge < -0.3 is 9.64 Å². The van der Waals surface area contributed by atoms with E-state index in [1.807, 2.05) is 32.8 Å². The van der Waals surface area contributed by atoms with Crippen LogP contribution in [0.2, 0.25) is 0 Å². The van der Waals surface area contributed by atoms with Crippen LogP contribution in [0.5, 0.6) is 0 Å². The van der Waals surface area contributed by atoms with Crippen molar-refractivity contribution in [3.63, 3.8) is 0 Å². The molecule has 3 atom stereocenters. The molecule has 1 heterocycles. The Morgan fingerprint density at radius 2 is 1.96 bits per heavy atom. The summed E-state index contributed by atoms with van der Waals surface area (Å²) < 4.78 is 48.2. The number of halogens is 1. The van der Waals surface area contributed by atoms with E-state index >= 15 is 0 Å². The zero-order valence-electron chi connectivity index (χ0n) is 14.6. The highest BCUT2D eigenvalue weighted by Crippen LogP contribution is 2.19. The molecule has 1 N–H and O–H groups in total. The van der Waals surface area contributed by atoms with Crippen LogP contribution in [0.4, 0.5) is 4.39 Å². The van der Waals surface area contributed by atoms with Crippen LogP contribution < -0.4 is 4.72 Å². The normalized spacial score (nSPS) is 24.2. The summed E-state index contributed by atoms with van der Waals surface area (Å²) in [7, 11) is 0.0592. The summed E-state index contributed by atoms with van der Waals surface area (Å²) in [6.07, 6.45) is -0.281. The van der Waals surface area contributed by atoms with Crippen molar-refractivity contribution in [2.75, 3.05) is 33.7 Å². The smallest absolute Gasteiger partial charge is 0.279 e. The van der Waals surface area contributed by atoms with Gasteiger partial charge in [-0.05, 0) is 45.6 Å². The average molecular weight is 359 g/mol. The molecular weight excluding hydrogens is 333 g/mol. The van der Waals surface area contributed by atoms with Crippen LogP contribution >= 0.6 is 0 Å². The Kier molecular flexibility index (Phi) is 6.33. The molecule has 0 radical (unpaired) electrons. The van der Waals surface area contributed by atoms with Gasteiger partial charge >= 0.3 is 0 Å². The Balaban J connectivity index is 2.08. The van der Waals surface area contributed by atoms with Gasteiger partial charge in [0.25, 0.3) is 10.2 Å². The van der Waals surface area contributed by atoms with Crippen molar-refractivity contribution in [1.29, 1.82) is 0 Å². The number of benzene rings is 1. The number of likely N-dealkylation sites (N-methyl/N-ethyl adjacent to an activating group) is 1. The van der Waals surface area contributed by atoms with Gasteiger partial charge in [0.15, 0.2) is 0 Å². The first-order valence-electron chi connectivity index (χ1n) is 8.01. The van der Waals surface area contributed by atoms with Gasteiger partial charge in [0.1, 0.15) is 5.82 Å². The number of morpholine rings is 1. The van der Waals surface area contributed by atoms with Crippen LogP contribution in [0.3, 0.4) is 0 Å². The summed E-state index contributed by atoms with van der Waals surface area (Å²) >= 11 is 0. The average Bonchev–Trinajstić information content (AvgIpc) is 2.46. The van der Waals surface area contributed by atoms with Crippen LogP contribution in [-0.4, -0.2) is 63.6 Å². The van der Waals surface area contributed by atoms with E-state index < -0.39 is 10.2 Å². The summed E-state index contributed by atoms with van der Waals surface area (Å²) in [6.45, 7) is 4.53. The maximum Gasteiger partial charge on any atom is 0.279 e. The Labute approximate surface area is 143 Å². The van der Waals surface area contributed by atoms with E-state index in [9.17, 15) is 12.8 Å². The van der Waals surface area contributed by atoms with Gasteiger partial charge in [-0.15, -0.1) is 0 Å². The summed E-state index contributed by atoms with van der Waals surface area (Å²) in [5, 5.41) is 0. The molecule has 0 saturated carbocycles. The Morgan fingerprint density at radius 3 is 2.50 bits per heavy atom. The molecule has 6 nitrogen and oxygen atoms in total. The molecule has 1 aliphatic heterocycles. The number of ether oxygens (including phenoxy) is 1. The molecule has 24 heavy (non-hydrogen) atoms. The van der Waals surface area contributed by atoms with Crippen LogP contribution in [0.25, 0.3) is 0 Å². The monoisotopic (exact) mass is 359 g/mol. The first kappa shape index (κ1) is 19.3. The summed E-state index contributed by atoms with van der Waals surface area (Å²) in [6, 6.07) is 5.96. The van der Waals surface area contributed by atoms with Crippen molar-refractivity contribution < 1.29 is 17.5 Å². The summed E-state index contributed by atoms with van der Waals surface area (Å²) in [5.74, 6) is -0.335. The third kappa shape index (κ3) is 4.97. The van der Waals surface area contributed by atoms with E-state index in [4.69, 9.17) is 4.74 Å². The second-order valence-electron chi connectivity index (χ2n) is 6.46. The Morgan fingerprint density at radius 1 is 1.33 bits per heavy atom. The molecule has 0 aliphatic carbocycles. The molecule has 1 saturated heterocycles. The van der Waals surface area contributed by atoms with Crippen molar-refractivity contribution in [3.8, 4) is 0 Å². The van der Waals surface area contributed by atoms with Gasteiger partial charge in [-0.3, -0.25) is 0 Å². The van der Waals surface area contributed by atoms with Gasteiger partial charge in [-0.1, -0.05) is 12.1 Å². The molecule has 1 fully saturated rings. The van der Waals surface area contributed by atoms with Gasteiger partial charge in [-0.2, -0.15) is 12.7 Å². The summed E-state index contributed by atoms with van der Waals surface area (Å²) in [5.41, 5.74) is 0.728. The van der Waals surface area contributed by atoms with Crippen molar-refractivity contribution >= 4 is 10.2 Å². The minimum absolute atomic E-state index is 0.141. The predicted molar refractivity (Wildman–Crippen MR) is 91.3 cm³/mol. The van der Waals surface area contributed by atoms with Gasteiger partial charge in [-0.25, -0.2) is 9.11 Å². The van der Waals surface area contributed by atoms with E-state index in [0.717, 1.165) is 5.56 Å². The van der Waals surface area contributed by atoms with Gasteiger partial charge in [0, 0.05) is 25.7 Å². The van der Waals surface area contributed by atoms with E-state index in [1.165, 1.54) is 16.4 Å². The van der Waals surface area contributed by atoms with E-state index in [0.29, 0.717) is 13.1 Å². The molecule has 0 aromatic heterocycles. The Hall–Kier alpha value is -1.06. The highest BCUT2D eigenvalue weighted by Gasteiger charge is 2.31. The molecule has 1 aromatic rings. The molecule has 8 heteroatoms. The number of rotatable bonds is 6. The zero-order chi connectivity index (χ0) is 17.9. The fraction of sp³-hybridized carbons (Fsp3) is 0.625. The lowest BCUT2D eigenvalue weighted by Gasteiger charge is -2.35. The fourth-order valence-corrected chi connectivity index (χ4v) is 4.28. The molecule has 2 rings (SSSR count). The van der Waals surface area contributed by atoms with Crippen LogP contribution in [0.15, 0.2) is 24.3 Å². The Bertz CT molecular complexity index is 644. The van der Waals surface area contributed by atoms with Crippen molar-refractivity contribution in [3.05, 3.63) is 35.6 Å². The quantitative estimate of drug-likeness (QED) is 0.833. The lowest BCUT2D eigenvalue weighted by atomic mass is 10.1. The predicted octanol–water partition coefficient (Wildman–Crippen LogP) is 1.37. The lowest BCUT2D eigenvalue weighted by Crippen LogP contribution is -2.52. The van der Waals surface area contributed by atoms with E-state index in [-0.39, 0.29) is 30.6 Å². The second-order valence-corrected chi connectivity index (χ2v) is 8.22. The largest absolute Gasteiger partial charge is 0.373 e. The molecule has 0 amide bonds. The zero-order valence-corrected chi connectivity index (χ0v) is 15.4. The minimum Gasteiger partial charge on any atom is -0.373 e. The second kappa shape index (κ2) is 7.88. The van der Waals surface area contributed by atoms with Crippen molar-refractivity contribution in [2.45, 2.75) is 32.1 Å². The van der Waals surface area contributed by atoms with E-state index in [1.54, 1.807) is 12.1 Å². The maximum atomic E-state index is 13.5. The number of hydrogen-bond donors (Lipinski definition) is 1. The van der Waals surface area contributed by atoms with Gasteiger partial charge in [0.05, 0.1) is 12.2 Å². The highest BCUT2D eigenvalue weighted by molar-refractivity contribution is 7.87. The van der Waals surface area contributed by atoms with E-state index in [2.05, 4.69) is 4.72 Å². The molecule has 0 bridgehead atoms. The topological polar surface area (TPSA) is 61.9 Å². The minimum atomic E-state index is -3.61. The number of nitrogens with one attached hydrogen (secondary N) is 1. The van der Waals surface area contributed by atoms with Crippen LogP contribution in [-0.2, 0) is 14.9 Å². The lowest BCUT2D eigenvalue weighted by molar-refractivity contribution is -0.0444. The van der Waals surface area contributed by atoms with Crippen molar-refractivity contribution in [2.24, 2.45) is 0 Å². The van der Waals surface area contributed by atoms with Gasteiger partial charge in [0.2, 0.25) is 0 Å². The highest BCUT2D eigenvalue weighted by atomic mass is 32.2. The number of nitrogens with zero attached hydrogens (tertiary/aromatic N) is 2. The third-order valence-electron chi connectivity index (χ3n) is 4.04. The molecule has 0 unspecified atom stereocenters.